The summed E-state index contributed by atoms with van der Waals surface area (Å²) < 4.78 is 0. The lowest BCUT2D eigenvalue weighted by Gasteiger charge is -2.10. The van der Waals surface area contributed by atoms with Crippen molar-refractivity contribution in [2.75, 3.05) is 10.6 Å². The van der Waals surface area contributed by atoms with Crippen molar-refractivity contribution in [1.82, 2.24) is 9.97 Å². The molecule has 2 aromatic carbocycles. The first-order chi connectivity index (χ1) is 12.5. The smallest absolute Gasteiger partial charge is 0.274 e. The Morgan fingerprint density at radius 2 is 1.85 bits per heavy atom. The molecule has 0 atom stereocenters. The molecule has 2 N–H and O–H groups in total. The summed E-state index contributed by atoms with van der Waals surface area (Å²) in [5.41, 5.74) is 1.91. The summed E-state index contributed by atoms with van der Waals surface area (Å²) in [6, 6.07) is 17.5. The molecule has 7 heteroatoms. The molecular formula is C19H14ClN5O. The van der Waals surface area contributed by atoms with Crippen molar-refractivity contribution in [2.45, 2.75) is 6.92 Å². The lowest BCUT2D eigenvalue weighted by Crippen LogP contribution is -2.15. The van der Waals surface area contributed by atoms with Crippen LogP contribution >= 0.6 is 11.6 Å². The van der Waals surface area contributed by atoms with Gasteiger partial charge in [0.1, 0.15) is 23.4 Å². The van der Waals surface area contributed by atoms with Crippen LogP contribution in [-0.4, -0.2) is 15.9 Å². The Labute approximate surface area is 155 Å². The zero-order valence-electron chi connectivity index (χ0n) is 13.8. The van der Waals surface area contributed by atoms with Crippen LogP contribution in [0.15, 0.2) is 54.6 Å². The van der Waals surface area contributed by atoms with E-state index in [0.717, 1.165) is 0 Å². The van der Waals surface area contributed by atoms with Crippen LogP contribution in [0.5, 0.6) is 0 Å². The predicted molar refractivity (Wildman–Crippen MR) is 101 cm³/mol. The molecule has 1 amide bonds. The van der Waals surface area contributed by atoms with Crippen molar-refractivity contribution in [2.24, 2.45) is 0 Å². The third-order valence-electron chi connectivity index (χ3n) is 3.48. The molecule has 0 bridgehead atoms. The summed E-state index contributed by atoms with van der Waals surface area (Å²) in [7, 11) is 0. The van der Waals surface area contributed by atoms with Gasteiger partial charge in [-0.25, -0.2) is 9.97 Å². The predicted octanol–water partition coefficient (Wildman–Crippen LogP) is 4.31. The van der Waals surface area contributed by atoms with Gasteiger partial charge < -0.3 is 10.6 Å². The molecule has 128 valence electrons. The average molecular weight is 364 g/mol. The van der Waals surface area contributed by atoms with Crippen molar-refractivity contribution >= 4 is 34.7 Å². The number of carbonyl (C=O) groups is 1. The zero-order chi connectivity index (χ0) is 18.5. The number of benzene rings is 2. The third-order valence-corrected chi connectivity index (χ3v) is 3.73. The maximum atomic E-state index is 12.5. The number of para-hydroxylation sites is 1. The van der Waals surface area contributed by atoms with E-state index in [4.69, 9.17) is 11.6 Å². The van der Waals surface area contributed by atoms with Crippen LogP contribution in [0.2, 0.25) is 5.02 Å². The number of halogens is 1. The first kappa shape index (κ1) is 17.4. The summed E-state index contributed by atoms with van der Waals surface area (Å²) in [4.78, 5) is 20.9. The number of hydrogen-bond acceptors (Lipinski definition) is 5. The van der Waals surface area contributed by atoms with E-state index in [2.05, 4.69) is 26.7 Å². The van der Waals surface area contributed by atoms with E-state index in [1.807, 2.05) is 6.07 Å². The Balaban J connectivity index is 1.84. The quantitative estimate of drug-likeness (QED) is 0.720. The van der Waals surface area contributed by atoms with E-state index in [1.54, 1.807) is 49.4 Å². The highest BCUT2D eigenvalue weighted by atomic mass is 35.5. The Morgan fingerprint density at radius 1 is 1.12 bits per heavy atom. The lowest BCUT2D eigenvalue weighted by atomic mass is 10.2. The molecule has 0 fully saturated rings. The number of aromatic nitrogens is 2. The molecule has 6 nitrogen and oxygen atoms in total. The zero-order valence-corrected chi connectivity index (χ0v) is 14.6. The number of nitrogens with one attached hydrogen (secondary N) is 2. The fourth-order valence-corrected chi connectivity index (χ4v) is 2.43. The number of hydrogen-bond donors (Lipinski definition) is 2. The number of carbonyl (C=O) groups excluding carboxylic acids is 1. The summed E-state index contributed by atoms with van der Waals surface area (Å²) in [6.07, 6.45) is 0. The fraction of sp³-hybridized carbons (Fsp3) is 0.0526. The Morgan fingerprint density at radius 3 is 2.58 bits per heavy atom. The van der Waals surface area contributed by atoms with Gasteiger partial charge in [0, 0.05) is 16.8 Å². The molecule has 0 unspecified atom stereocenters. The van der Waals surface area contributed by atoms with E-state index in [0.29, 0.717) is 33.6 Å². The van der Waals surface area contributed by atoms with Gasteiger partial charge in [0.05, 0.1) is 11.3 Å². The molecule has 0 radical (unpaired) electrons. The van der Waals surface area contributed by atoms with E-state index in [9.17, 15) is 10.1 Å². The minimum absolute atomic E-state index is 0.212. The van der Waals surface area contributed by atoms with Gasteiger partial charge in [0.15, 0.2) is 0 Å². The minimum atomic E-state index is -0.366. The lowest BCUT2D eigenvalue weighted by molar-refractivity contribution is 0.102. The summed E-state index contributed by atoms with van der Waals surface area (Å²) in [6.45, 7) is 1.69. The van der Waals surface area contributed by atoms with Gasteiger partial charge in [-0.05, 0) is 43.3 Å². The van der Waals surface area contributed by atoms with Crippen LogP contribution in [0.25, 0.3) is 0 Å². The van der Waals surface area contributed by atoms with E-state index in [-0.39, 0.29) is 11.6 Å². The molecule has 3 rings (SSSR count). The molecule has 0 aliphatic rings. The van der Waals surface area contributed by atoms with Crippen molar-refractivity contribution in [3.8, 4) is 6.07 Å². The van der Waals surface area contributed by atoms with Crippen molar-refractivity contribution in [3.05, 3.63) is 76.7 Å². The van der Waals surface area contributed by atoms with Gasteiger partial charge in [0.2, 0.25) is 0 Å². The van der Waals surface area contributed by atoms with Crippen molar-refractivity contribution < 1.29 is 4.79 Å². The second kappa shape index (κ2) is 7.64. The van der Waals surface area contributed by atoms with Gasteiger partial charge in [-0.1, -0.05) is 23.7 Å². The second-order valence-electron chi connectivity index (χ2n) is 5.43. The molecule has 1 aromatic heterocycles. The molecule has 26 heavy (non-hydrogen) atoms. The highest BCUT2D eigenvalue weighted by Gasteiger charge is 2.12. The van der Waals surface area contributed by atoms with Gasteiger partial charge in [-0.15, -0.1) is 0 Å². The van der Waals surface area contributed by atoms with Crippen molar-refractivity contribution in [1.29, 1.82) is 5.26 Å². The van der Waals surface area contributed by atoms with Crippen LogP contribution in [0.4, 0.5) is 17.2 Å². The number of aryl methyl sites for hydroxylation is 1. The van der Waals surface area contributed by atoms with E-state index < -0.39 is 0 Å². The Kier molecular flexibility index (Phi) is 5.11. The molecule has 1 heterocycles. The topological polar surface area (TPSA) is 90.7 Å². The Hall–Kier alpha value is -3.43. The molecule has 0 saturated heterocycles. The maximum absolute atomic E-state index is 12.5. The normalized spacial score (nSPS) is 10.0. The number of anilines is 3. The maximum Gasteiger partial charge on any atom is 0.274 e. The van der Waals surface area contributed by atoms with Crippen molar-refractivity contribution in [3.63, 3.8) is 0 Å². The number of amides is 1. The summed E-state index contributed by atoms with van der Waals surface area (Å²) >= 11 is 5.84. The molecular weight excluding hydrogens is 350 g/mol. The highest BCUT2D eigenvalue weighted by Crippen LogP contribution is 2.20. The number of nitriles is 1. The molecule has 0 aliphatic carbocycles. The van der Waals surface area contributed by atoms with E-state index >= 15 is 0 Å². The van der Waals surface area contributed by atoms with Crippen LogP contribution in [0, 0.1) is 18.3 Å². The first-order valence-corrected chi connectivity index (χ1v) is 8.12. The second-order valence-corrected chi connectivity index (χ2v) is 5.87. The number of rotatable bonds is 4. The Bertz CT molecular complexity index is 996. The van der Waals surface area contributed by atoms with Gasteiger partial charge in [-0.2, -0.15) is 5.26 Å². The molecule has 3 aromatic rings. The SMILES string of the molecule is Cc1nc(Nc2ccccc2C#N)cc(C(=O)Nc2ccc(Cl)cc2)n1. The van der Waals surface area contributed by atoms with E-state index in [1.165, 1.54) is 6.07 Å². The fourth-order valence-electron chi connectivity index (χ4n) is 2.30. The summed E-state index contributed by atoms with van der Waals surface area (Å²) in [5, 5.41) is 15.6. The summed E-state index contributed by atoms with van der Waals surface area (Å²) in [5.74, 6) is 0.501. The average Bonchev–Trinajstić information content (AvgIpc) is 2.63. The van der Waals surface area contributed by atoms with Gasteiger partial charge in [-0.3, -0.25) is 4.79 Å². The van der Waals surface area contributed by atoms with Gasteiger partial charge >= 0.3 is 0 Å². The van der Waals surface area contributed by atoms with Crippen LogP contribution < -0.4 is 10.6 Å². The molecule has 0 aliphatic heterocycles. The van der Waals surface area contributed by atoms with Crippen LogP contribution in [0.3, 0.4) is 0 Å². The standard InChI is InChI=1S/C19H14ClN5O/c1-12-22-17(19(26)24-15-8-6-14(20)7-9-15)10-18(23-12)25-16-5-3-2-4-13(16)11-21/h2-10H,1H3,(H,24,26)(H,22,23,25). The minimum Gasteiger partial charge on any atom is -0.339 e. The number of nitrogens with zero attached hydrogens (tertiary/aromatic N) is 3. The van der Waals surface area contributed by atoms with Crippen LogP contribution in [-0.2, 0) is 0 Å². The largest absolute Gasteiger partial charge is 0.339 e. The molecule has 0 saturated carbocycles. The van der Waals surface area contributed by atoms with Crippen LogP contribution in [0.1, 0.15) is 21.9 Å². The third kappa shape index (κ3) is 4.15. The highest BCUT2D eigenvalue weighted by molar-refractivity contribution is 6.30. The molecule has 0 spiro atoms. The monoisotopic (exact) mass is 363 g/mol. The first-order valence-electron chi connectivity index (χ1n) is 7.74. The van der Waals surface area contributed by atoms with Gasteiger partial charge in [0.25, 0.3) is 5.91 Å².